The van der Waals surface area contributed by atoms with Crippen molar-refractivity contribution in [2.75, 3.05) is 19.7 Å². The zero-order chi connectivity index (χ0) is 30.9. The van der Waals surface area contributed by atoms with Crippen LogP contribution in [-0.2, 0) is 4.79 Å². The SMILES string of the molecule is C=C(C)C=CC(CC(=O)NC1=CC=C(N2CCC(COc3cccc(C(=O)O)c3)CC2)CCC(C)=C1)=C(C)C(F)(F)F. The van der Waals surface area contributed by atoms with E-state index in [0.29, 0.717) is 29.5 Å². The van der Waals surface area contributed by atoms with E-state index < -0.39 is 30.0 Å². The Kier molecular flexibility index (Phi) is 11.4. The molecule has 1 fully saturated rings. The van der Waals surface area contributed by atoms with Crippen molar-refractivity contribution in [3.05, 3.63) is 100 Å². The predicted octanol–water partition coefficient (Wildman–Crippen LogP) is 7.50. The molecule has 2 N–H and O–H groups in total. The van der Waals surface area contributed by atoms with Crippen LogP contribution in [0.15, 0.2) is 94.9 Å². The molecule has 1 aromatic carbocycles. The quantitative estimate of drug-likeness (QED) is 0.279. The first-order valence-corrected chi connectivity index (χ1v) is 14.0. The van der Waals surface area contributed by atoms with Gasteiger partial charge in [-0.1, -0.05) is 35.9 Å². The fourth-order valence-electron chi connectivity index (χ4n) is 4.76. The van der Waals surface area contributed by atoms with E-state index in [-0.39, 0.29) is 11.1 Å². The van der Waals surface area contributed by atoms with Gasteiger partial charge in [0.15, 0.2) is 0 Å². The van der Waals surface area contributed by atoms with Gasteiger partial charge in [-0.2, -0.15) is 13.2 Å². The Bertz CT molecular complexity index is 1330. The molecule has 2 aliphatic rings. The van der Waals surface area contributed by atoms with Gasteiger partial charge in [0.2, 0.25) is 5.91 Å². The van der Waals surface area contributed by atoms with E-state index in [2.05, 4.69) is 16.8 Å². The Labute approximate surface area is 245 Å². The van der Waals surface area contributed by atoms with E-state index in [1.54, 1.807) is 19.1 Å². The molecule has 1 heterocycles. The molecular weight excluding hydrogens is 545 g/mol. The fourth-order valence-corrected chi connectivity index (χ4v) is 4.76. The van der Waals surface area contributed by atoms with E-state index in [1.165, 1.54) is 24.3 Å². The van der Waals surface area contributed by atoms with Gasteiger partial charge < -0.3 is 20.1 Å². The number of nitrogens with zero attached hydrogens (tertiary/aromatic N) is 1. The van der Waals surface area contributed by atoms with E-state index in [0.717, 1.165) is 57.0 Å². The van der Waals surface area contributed by atoms with Gasteiger partial charge in [-0.05, 0) is 94.4 Å². The van der Waals surface area contributed by atoms with Crippen LogP contribution in [-0.4, -0.2) is 47.8 Å². The van der Waals surface area contributed by atoms with Crippen LogP contribution in [0.4, 0.5) is 13.2 Å². The van der Waals surface area contributed by atoms with Crippen molar-refractivity contribution in [3.63, 3.8) is 0 Å². The lowest BCUT2D eigenvalue weighted by Gasteiger charge is -2.35. The average molecular weight is 585 g/mol. The molecule has 0 radical (unpaired) electrons. The molecule has 1 aliphatic heterocycles. The Morgan fingerprint density at radius 2 is 1.86 bits per heavy atom. The molecule has 1 amide bonds. The number of benzene rings is 1. The van der Waals surface area contributed by atoms with Crippen molar-refractivity contribution in [1.29, 1.82) is 0 Å². The number of carboxylic acids is 1. The molecule has 0 unspecified atom stereocenters. The van der Waals surface area contributed by atoms with Crippen molar-refractivity contribution in [2.45, 2.75) is 59.1 Å². The van der Waals surface area contributed by atoms with Gasteiger partial charge in [-0.3, -0.25) is 4.79 Å². The number of aromatic carboxylic acids is 1. The van der Waals surface area contributed by atoms with Crippen LogP contribution in [0.5, 0.6) is 5.75 Å². The molecule has 6 nitrogen and oxygen atoms in total. The summed E-state index contributed by atoms with van der Waals surface area (Å²) < 4.78 is 46.0. The molecule has 3 rings (SSSR count). The third-order valence-electron chi connectivity index (χ3n) is 7.33. The Morgan fingerprint density at radius 1 is 1.14 bits per heavy atom. The number of alkyl halides is 3. The monoisotopic (exact) mass is 584 g/mol. The van der Waals surface area contributed by atoms with Crippen LogP contribution in [0.2, 0.25) is 0 Å². The zero-order valence-electron chi connectivity index (χ0n) is 24.4. The van der Waals surface area contributed by atoms with Crippen molar-refractivity contribution in [1.82, 2.24) is 10.2 Å². The third-order valence-corrected chi connectivity index (χ3v) is 7.33. The summed E-state index contributed by atoms with van der Waals surface area (Å²) in [4.78, 5) is 26.3. The third kappa shape index (κ3) is 10.1. The molecule has 0 spiro atoms. The highest BCUT2D eigenvalue weighted by Crippen LogP contribution is 2.30. The van der Waals surface area contributed by atoms with E-state index >= 15 is 0 Å². The predicted molar refractivity (Wildman–Crippen MR) is 158 cm³/mol. The lowest BCUT2D eigenvalue weighted by atomic mass is 9.96. The number of hydrogen-bond acceptors (Lipinski definition) is 4. The smallest absolute Gasteiger partial charge is 0.412 e. The summed E-state index contributed by atoms with van der Waals surface area (Å²) in [6.07, 6.45) is 6.95. The summed E-state index contributed by atoms with van der Waals surface area (Å²) in [5.74, 6) is -0.625. The number of nitrogens with one attached hydrogen (secondary N) is 1. The molecule has 0 bridgehead atoms. The number of rotatable bonds is 10. The molecule has 0 saturated carbocycles. The van der Waals surface area contributed by atoms with Gasteiger partial charge >= 0.3 is 12.1 Å². The lowest BCUT2D eigenvalue weighted by molar-refractivity contribution is -0.119. The normalized spacial score (nSPS) is 17.4. The second-order valence-electron chi connectivity index (χ2n) is 10.9. The van der Waals surface area contributed by atoms with Crippen molar-refractivity contribution in [2.24, 2.45) is 5.92 Å². The molecular formula is C33H39F3N2O4. The maximum absolute atomic E-state index is 13.4. The van der Waals surface area contributed by atoms with Gasteiger partial charge in [0, 0.05) is 30.1 Å². The van der Waals surface area contributed by atoms with Crippen LogP contribution in [0, 0.1) is 5.92 Å². The number of halogens is 3. The lowest BCUT2D eigenvalue weighted by Crippen LogP contribution is -2.35. The van der Waals surface area contributed by atoms with Crippen molar-refractivity contribution >= 4 is 11.9 Å². The molecule has 9 heteroatoms. The van der Waals surface area contributed by atoms with Gasteiger partial charge in [0.05, 0.1) is 18.6 Å². The van der Waals surface area contributed by atoms with Crippen molar-refractivity contribution in [3.8, 4) is 5.75 Å². The van der Waals surface area contributed by atoms with Gasteiger partial charge in [0.25, 0.3) is 0 Å². The summed E-state index contributed by atoms with van der Waals surface area (Å²) in [6.45, 7) is 10.5. The number of carbonyl (C=O) groups excluding carboxylic acids is 1. The number of hydrogen-bond donors (Lipinski definition) is 2. The Hall–Kier alpha value is -4.01. The zero-order valence-corrected chi connectivity index (χ0v) is 24.4. The van der Waals surface area contributed by atoms with E-state index in [4.69, 9.17) is 4.74 Å². The highest BCUT2D eigenvalue weighted by molar-refractivity contribution is 5.88. The van der Waals surface area contributed by atoms with Crippen LogP contribution < -0.4 is 10.1 Å². The summed E-state index contributed by atoms with van der Waals surface area (Å²) in [6, 6.07) is 6.49. The van der Waals surface area contributed by atoms with Crippen LogP contribution in [0.1, 0.15) is 63.2 Å². The topological polar surface area (TPSA) is 78.9 Å². The largest absolute Gasteiger partial charge is 0.493 e. The minimum Gasteiger partial charge on any atom is -0.493 e. The minimum absolute atomic E-state index is 0.104. The number of likely N-dealkylation sites (tertiary alicyclic amines) is 1. The maximum atomic E-state index is 13.4. The minimum atomic E-state index is -4.53. The first-order chi connectivity index (χ1) is 19.8. The van der Waals surface area contributed by atoms with E-state index in [9.17, 15) is 27.9 Å². The van der Waals surface area contributed by atoms with E-state index in [1.807, 2.05) is 25.2 Å². The summed E-state index contributed by atoms with van der Waals surface area (Å²) >= 11 is 0. The molecule has 0 atom stereocenters. The van der Waals surface area contributed by atoms with Crippen molar-refractivity contribution < 1.29 is 32.6 Å². The number of amides is 1. The second-order valence-corrected chi connectivity index (χ2v) is 10.9. The van der Waals surface area contributed by atoms with Crippen LogP contribution >= 0.6 is 0 Å². The Morgan fingerprint density at radius 3 is 2.50 bits per heavy atom. The first kappa shape index (κ1) is 32.5. The number of ether oxygens (including phenoxy) is 1. The number of carbonyl (C=O) groups is 2. The molecule has 42 heavy (non-hydrogen) atoms. The molecule has 1 aliphatic carbocycles. The molecule has 226 valence electrons. The van der Waals surface area contributed by atoms with Gasteiger partial charge in [0.1, 0.15) is 5.75 Å². The number of piperidine rings is 1. The number of carboxylic acid groups (broad SMARTS) is 1. The van der Waals surface area contributed by atoms with Crippen LogP contribution in [0.25, 0.3) is 0 Å². The number of allylic oxidation sites excluding steroid dienone is 9. The Balaban J connectivity index is 1.62. The summed E-state index contributed by atoms with van der Waals surface area (Å²) in [7, 11) is 0. The molecule has 1 saturated heterocycles. The summed E-state index contributed by atoms with van der Waals surface area (Å²) in [5.41, 5.74) is 2.60. The highest BCUT2D eigenvalue weighted by Gasteiger charge is 2.32. The van der Waals surface area contributed by atoms with Gasteiger partial charge in [-0.15, -0.1) is 0 Å². The average Bonchev–Trinajstić information content (AvgIpc) is 2.92. The van der Waals surface area contributed by atoms with Gasteiger partial charge in [-0.25, -0.2) is 4.79 Å². The maximum Gasteiger partial charge on any atom is 0.412 e. The summed E-state index contributed by atoms with van der Waals surface area (Å²) in [5, 5.41) is 12.0. The standard InChI is InChI=1S/C33H39F3N2O4/c1-22(2)8-10-26(24(4)33(34,35)36)20-31(39)37-28-11-13-29(12-9-23(3)18-28)38-16-14-25(15-17-38)21-42-30-7-5-6-27(19-30)32(40)41/h5-8,10-11,13,18-19,25H,1,9,12,14-17,20-21H2,2-4H3,(H,37,39)(H,40,41). The first-order valence-electron chi connectivity index (χ1n) is 14.0. The van der Waals surface area contributed by atoms with Crippen LogP contribution in [0.3, 0.4) is 0 Å². The highest BCUT2D eigenvalue weighted by atomic mass is 19.4. The molecule has 0 aromatic heterocycles. The fraction of sp³-hybridized carbons (Fsp3) is 0.394. The molecule has 1 aromatic rings. The second kappa shape index (κ2) is 14.8.